The van der Waals surface area contributed by atoms with Crippen molar-refractivity contribution in [1.29, 1.82) is 0 Å². The SMILES string of the molecule is OCCCNC1CCN(C2CC2)CC1. The van der Waals surface area contributed by atoms with Gasteiger partial charge in [-0.05, 0) is 51.7 Å². The van der Waals surface area contributed by atoms with Crippen LogP contribution < -0.4 is 5.32 Å². The molecule has 0 radical (unpaired) electrons. The molecule has 0 unspecified atom stereocenters. The molecule has 1 saturated heterocycles. The molecule has 1 aliphatic heterocycles. The summed E-state index contributed by atoms with van der Waals surface area (Å²) in [5, 5.41) is 12.2. The van der Waals surface area contributed by atoms with Crippen molar-refractivity contribution in [2.45, 2.75) is 44.2 Å². The Bertz CT molecular complexity index is 163. The van der Waals surface area contributed by atoms with E-state index in [0.717, 1.165) is 19.0 Å². The smallest absolute Gasteiger partial charge is 0.0443 e. The number of likely N-dealkylation sites (tertiary alicyclic amines) is 1. The molecule has 82 valence electrons. The maximum Gasteiger partial charge on any atom is 0.0443 e. The summed E-state index contributed by atoms with van der Waals surface area (Å²) in [5.74, 6) is 0. The first-order valence-corrected chi connectivity index (χ1v) is 5.98. The number of hydrogen-bond donors (Lipinski definition) is 2. The van der Waals surface area contributed by atoms with Gasteiger partial charge < -0.3 is 15.3 Å². The van der Waals surface area contributed by atoms with Crippen molar-refractivity contribution in [2.24, 2.45) is 0 Å². The Kier molecular flexibility index (Phi) is 3.79. The summed E-state index contributed by atoms with van der Waals surface area (Å²) in [5.41, 5.74) is 0. The van der Waals surface area contributed by atoms with Gasteiger partial charge in [-0.3, -0.25) is 0 Å². The van der Waals surface area contributed by atoms with Crippen molar-refractivity contribution in [1.82, 2.24) is 10.2 Å². The lowest BCUT2D eigenvalue weighted by molar-refractivity contribution is 0.187. The number of piperidine rings is 1. The Labute approximate surface area is 86.5 Å². The number of nitrogens with one attached hydrogen (secondary N) is 1. The van der Waals surface area contributed by atoms with Crippen LogP contribution in [-0.2, 0) is 0 Å². The fourth-order valence-corrected chi connectivity index (χ4v) is 2.29. The normalized spacial score (nSPS) is 25.5. The lowest BCUT2D eigenvalue weighted by Crippen LogP contribution is -2.43. The van der Waals surface area contributed by atoms with E-state index in [1.807, 2.05) is 0 Å². The summed E-state index contributed by atoms with van der Waals surface area (Å²) >= 11 is 0. The fourth-order valence-electron chi connectivity index (χ4n) is 2.29. The zero-order valence-electron chi connectivity index (χ0n) is 8.91. The van der Waals surface area contributed by atoms with Gasteiger partial charge in [-0.2, -0.15) is 0 Å². The third kappa shape index (κ3) is 2.94. The molecule has 1 saturated carbocycles. The van der Waals surface area contributed by atoms with Gasteiger partial charge in [-0.1, -0.05) is 0 Å². The van der Waals surface area contributed by atoms with E-state index < -0.39 is 0 Å². The Morgan fingerprint density at radius 2 is 1.86 bits per heavy atom. The molecular weight excluding hydrogens is 176 g/mol. The molecule has 0 bridgehead atoms. The molecule has 0 aromatic rings. The molecule has 2 N–H and O–H groups in total. The third-order valence-electron chi connectivity index (χ3n) is 3.36. The maximum atomic E-state index is 8.67. The van der Waals surface area contributed by atoms with Crippen molar-refractivity contribution >= 4 is 0 Å². The molecule has 1 heterocycles. The Morgan fingerprint density at radius 1 is 1.14 bits per heavy atom. The van der Waals surface area contributed by atoms with Gasteiger partial charge in [-0.15, -0.1) is 0 Å². The van der Waals surface area contributed by atoms with Crippen molar-refractivity contribution in [3.05, 3.63) is 0 Å². The largest absolute Gasteiger partial charge is 0.396 e. The standard InChI is InChI=1S/C11H22N2O/c14-9-1-6-12-10-4-7-13(8-5-10)11-2-3-11/h10-12,14H,1-9H2. The second-order valence-electron chi connectivity index (χ2n) is 4.57. The Morgan fingerprint density at radius 3 is 2.43 bits per heavy atom. The van der Waals surface area contributed by atoms with Crippen LogP contribution in [0.15, 0.2) is 0 Å². The molecule has 14 heavy (non-hydrogen) atoms. The van der Waals surface area contributed by atoms with Gasteiger partial charge in [0.1, 0.15) is 0 Å². The molecule has 0 aromatic carbocycles. The minimum atomic E-state index is 0.313. The molecule has 2 rings (SSSR count). The molecule has 0 aromatic heterocycles. The summed E-state index contributed by atoms with van der Waals surface area (Å²) in [7, 11) is 0. The van der Waals surface area contributed by atoms with E-state index in [9.17, 15) is 0 Å². The Hall–Kier alpha value is -0.120. The molecule has 0 spiro atoms. The summed E-state index contributed by atoms with van der Waals surface area (Å²) in [6, 6.07) is 1.64. The highest BCUT2D eigenvalue weighted by atomic mass is 16.3. The highest BCUT2D eigenvalue weighted by Crippen LogP contribution is 2.29. The van der Waals surface area contributed by atoms with E-state index in [4.69, 9.17) is 5.11 Å². The summed E-state index contributed by atoms with van der Waals surface area (Å²) in [4.78, 5) is 2.64. The van der Waals surface area contributed by atoms with E-state index in [1.54, 1.807) is 0 Å². The van der Waals surface area contributed by atoms with Gasteiger partial charge in [0.05, 0.1) is 0 Å². The highest BCUT2D eigenvalue weighted by Gasteiger charge is 2.31. The van der Waals surface area contributed by atoms with Crippen molar-refractivity contribution in [3.63, 3.8) is 0 Å². The van der Waals surface area contributed by atoms with Crippen LogP contribution in [0.1, 0.15) is 32.1 Å². The second kappa shape index (κ2) is 5.10. The lowest BCUT2D eigenvalue weighted by atomic mass is 10.0. The van der Waals surface area contributed by atoms with E-state index >= 15 is 0 Å². The quantitative estimate of drug-likeness (QED) is 0.635. The van der Waals surface area contributed by atoms with Crippen LogP contribution >= 0.6 is 0 Å². The van der Waals surface area contributed by atoms with Gasteiger partial charge >= 0.3 is 0 Å². The van der Waals surface area contributed by atoms with Crippen LogP contribution in [0.4, 0.5) is 0 Å². The lowest BCUT2D eigenvalue weighted by Gasteiger charge is -2.32. The van der Waals surface area contributed by atoms with Gasteiger partial charge in [0.15, 0.2) is 0 Å². The number of aliphatic hydroxyl groups is 1. The molecule has 2 fully saturated rings. The summed E-state index contributed by atoms with van der Waals surface area (Å²) < 4.78 is 0. The monoisotopic (exact) mass is 198 g/mol. The average molecular weight is 198 g/mol. The number of rotatable bonds is 5. The molecular formula is C11H22N2O. The zero-order chi connectivity index (χ0) is 9.80. The zero-order valence-corrected chi connectivity index (χ0v) is 8.91. The molecule has 1 aliphatic carbocycles. The van der Waals surface area contributed by atoms with Crippen molar-refractivity contribution in [2.75, 3.05) is 26.2 Å². The van der Waals surface area contributed by atoms with Crippen LogP contribution in [0.25, 0.3) is 0 Å². The van der Waals surface area contributed by atoms with Crippen LogP contribution in [0.5, 0.6) is 0 Å². The second-order valence-corrected chi connectivity index (χ2v) is 4.57. The minimum Gasteiger partial charge on any atom is -0.396 e. The van der Waals surface area contributed by atoms with Gasteiger partial charge in [0.2, 0.25) is 0 Å². The molecule has 3 nitrogen and oxygen atoms in total. The first-order valence-electron chi connectivity index (χ1n) is 5.98. The maximum absolute atomic E-state index is 8.67. The topological polar surface area (TPSA) is 35.5 Å². The van der Waals surface area contributed by atoms with Crippen molar-refractivity contribution < 1.29 is 5.11 Å². The first kappa shape index (κ1) is 10.4. The molecule has 0 atom stereocenters. The predicted molar refractivity (Wildman–Crippen MR) is 57.3 cm³/mol. The molecule has 3 heteroatoms. The number of nitrogens with zero attached hydrogens (tertiary/aromatic N) is 1. The van der Waals surface area contributed by atoms with Gasteiger partial charge in [0, 0.05) is 18.7 Å². The minimum absolute atomic E-state index is 0.313. The Balaban J connectivity index is 1.58. The average Bonchev–Trinajstić information content (AvgIpc) is 3.03. The summed E-state index contributed by atoms with van der Waals surface area (Å²) in [6.45, 7) is 3.85. The highest BCUT2D eigenvalue weighted by molar-refractivity contribution is 4.88. The van der Waals surface area contributed by atoms with Crippen LogP contribution in [0, 0.1) is 0 Å². The van der Waals surface area contributed by atoms with Crippen molar-refractivity contribution in [3.8, 4) is 0 Å². The first-order chi connectivity index (χ1) is 6.90. The van der Waals surface area contributed by atoms with E-state index in [0.29, 0.717) is 12.6 Å². The van der Waals surface area contributed by atoms with Crippen LogP contribution in [-0.4, -0.2) is 48.3 Å². The van der Waals surface area contributed by atoms with Crippen LogP contribution in [0.3, 0.4) is 0 Å². The number of hydrogen-bond acceptors (Lipinski definition) is 3. The third-order valence-corrected chi connectivity index (χ3v) is 3.36. The van der Waals surface area contributed by atoms with E-state index in [-0.39, 0.29) is 0 Å². The summed E-state index contributed by atoms with van der Waals surface area (Å²) in [6.07, 6.45) is 6.35. The van der Waals surface area contributed by atoms with E-state index in [1.165, 1.54) is 38.8 Å². The molecule has 2 aliphatic rings. The van der Waals surface area contributed by atoms with Gasteiger partial charge in [0.25, 0.3) is 0 Å². The van der Waals surface area contributed by atoms with Gasteiger partial charge in [-0.25, -0.2) is 0 Å². The predicted octanol–water partition coefficient (Wildman–Crippen LogP) is 0.585. The van der Waals surface area contributed by atoms with Crippen LogP contribution in [0.2, 0.25) is 0 Å². The number of aliphatic hydroxyl groups excluding tert-OH is 1. The van der Waals surface area contributed by atoms with E-state index in [2.05, 4.69) is 10.2 Å². The molecule has 0 amide bonds. The fraction of sp³-hybridized carbons (Fsp3) is 1.00.